The molecule has 0 atom stereocenters. The number of nitrogens with zero attached hydrogens (tertiary/aromatic N) is 3. The number of anilines is 1. The molecule has 1 amide bonds. The van der Waals surface area contributed by atoms with Gasteiger partial charge >= 0.3 is 0 Å². The van der Waals surface area contributed by atoms with Crippen molar-refractivity contribution in [3.63, 3.8) is 0 Å². The van der Waals surface area contributed by atoms with E-state index in [1.807, 2.05) is 22.4 Å². The number of hydrogen-bond donors (Lipinski definition) is 1. The molecule has 0 unspecified atom stereocenters. The summed E-state index contributed by atoms with van der Waals surface area (Å²) in [5, 5.41) is 2.28. The predicted octanol–water partition coefficient (Wildman–Crippen LogP) is 1.44. The van der Waals surface area contributed by atoms with E-state index in [-0.39, 0.29) is 24.5 Å². The first kappa shape index (κ1) is 21.8. The van der Waals surface area contributed by atoms with Gasteiger partial charge in [0.1, 0.15) is 17.0 Å². The fourth-order valence-corrected chi connectivity index (χ4v) is 5.07. The van der Waals surface area contributed by atoms with E-state index in [1.54, 1.807) is 0 Å². The molecule has 0 saturated carbocycles. The smallest absolute Gasteiger partial charge is 0.295 e. The summed E-state index contributed by atoms with van der Waals surface area (Å²) in [6.07, 6.45) is 2.88. The molecule has 0 spiro atoms. The molecule has 174 valence electrons. The zero-order valence-corrected chi connectivity index (χ0v) is 19.2. The molecule has 1 saturated heterocycles. The van der Waals surface area contributed by atoms with E-state index in [0.717, 1.165) is 4.88 Å². The Balaban J connectivity index is 1.35. The molecule has 1 aromatic carbocycles. The second kappa shape index (κ2) is 8.41. The van der Waals surface area contributed by atoms with Crippen molar-refractivity contribution < 1.29 is 19.1 Å². The quantitative estimate of drug-likeness (QED) is 0.325. The van der Waals surface area contributed by atoms with Gasteiger partial charge < -0.3 is 24.3 Å². The number of carbonyl (C=O) groups is 2. The standard InChI is InChI=1S/C23H20N4O6S/c1-32-13-11-25-22(33-2)17-15(13)12(10-24-17)19(28)23(31)27-7-5-26(6-8-27)18-16(20(29)21(18)30)14-4-3-9-34-14/h3-4,9-11,24H,5-8H2,1-2H3. The SMILES string of the molecule is COc1ncc(OC)c2c(C(=O)C(=O)N3CCN(c4c(-c5cccs5)c(=O)c4=O)CC3)c[nH]c12. The Kier molecular flexibility index (Phi) is 5.40. The van der Waals surface area contributed by atoms with Crippen LogP contribution in [0.5, 0.6) is 11.6 Å². The number of Topliss-reactive ketones (excluding diaryl/α,β-unsaturated/α-hetero) is 1. The van der Waals surface area contributed by atoms with Gasteiger partial charge in [0.2, 0.25) is 16.7 Å². The van der Waals surface area contributed by atoms with Gasteiger partial charge in [0, 0.05) is 37.3 Å². The van der Waals surface area contributed by atoms with Crippen molar-refractivity contribution in [2.24, 2.45) is 0 Å². The summed E-state index contributed by atoms with van der Waals surface area (Å²) >= 11 is 1.40. The fourth-order valence-electron chi connectivity index (χ4n) is 4.31. The van der Waals surface area contributed by atoms with Crippen LogP contribution in [0, 0.1) is 0 Å². The van der Waals surface area contributed by atoms with Gasteiger partial charge in [-0.15, -0.1) is 11.3 Å². The first-order chi connectivity index (χ1) is 16.5. The molecule has 10 nitrogen and oxygen atoms in total. The molecule has 0 bridgehead atoms. The van der Waals surface area contributed by atoms with Crippen molar-refractivity contribution in [2.75, 3.05) is 45.3 Å². The third-order valence-electron chi connectivity index (χ3n) is 6.03. The van der Waals surface area contributed by atoms with Crippen LogP contribution in [-0.4, -0.2) is 67.0 Å². The molecule has 3 aromatic heterocycles. The normalized spacial score (nSPS) is 14.1. The zero-order valence-electron chi connectivity index (χ0n) is 18.4. The Labute approximate surface area is 197 Å². The van der Waals surface area contributed by atoms with Crippen LogP contribution in [0.15, 0.2) is 39.5 Å². The molecule has 1 aliphatic heterocycles. The van der Waals surface area contributed by atoms with Gasteiger partial charge in [-0.1, -0.05) is 6.07 Å². The predicted molar refractivity (Wildman–Crippen MR) is 127 cm³/mol. The lowest BCUT2D eigenvalue weighted by Gasteiger charge is -2.36. The van der Waals surface area contributed by atoms with E-state index >= 15 is 0 Å². The molecule has 11 heteroatoms. The third kappa shape index (κ3) is 3.27. The topological polar surface area (TPSA) is 122 Å². The number of aromatic nitrogens is 2. The van der Waals surface area contributed by atoms with Gasteiger partial charge in [0.05, 0.1) is 36.9 Å². The number of thiophene rings is 1. The zero-order chi connectivity index (χ0) is 24.0. The van der Waals surface area contributed by atoms with Crippen LogP contribution < -0.4 is 25.2 Å². The first-order valence-electron chi connectivity index (χ1n) is 10.5. The van der Waals surface area contributed by atoms with Crippen molar-refractivity contribution in [3.8, 4) is 22.1 Å². The minimum absolute atomic E-state index is 0.169. The lowest BCUT2D eigenvalue weighted by Crippen LogP contribution is -2.53. The Morgan fingerprint density at radius 2 is 1.85 bits per heavy atom. The van der Waals surface area contributed by atoms with Crippen molar-refractivity contribution in [1.29, 1.82) is 0 Å². The number of ether oxygens (including phenoxy) is 2. The van der Waals surface area contributed by atoms with Crippen molar-refractivity contribution in [2.45, 2.75) is 0 Å². The molecule has 4 heterocycles. The van der Waals surface area contributed by atoms with Crippen LogP contribution in [0.2, 0.25) is 0 Å². The summed E-state index contributed by atoms with van der Waals surface area (Å²) in [6, 6.07) is 3.64. The molecule has 0 aliphatic carbocycles. The molecular weight excluding hydrogens is 460 g/mol. The second-order valence-electron chi connectivity index (χ2n) is 7.76. The molecule has 1 aliphatic rings. The lowest BCUT2D eigenvalue weighted by molar-refractivity contribution is -0.126. The number of fused-ring (bicyclic) bond motifs is 1. The van der Waals surface area contributed by atoms with Gasteiger partial charge in [-0.05, 0) is 11.4 Å². The summed E-state index contributed by atoms with van der Waals surface area (Å²) in [4.78, 5) is 61.7. The highest BCUT2D eigenvalue weighted by atomic mass is 32.1. The number of carbonyl (C=O) groups excluding carboxylic acids is 2. The van der Waals surface area contributed by atoms with Crippen LogP contribution in [0.3, 0.4) is 0 Å². The summed E-state index contributed by atoms with van der Waals surface area (Å²) in [5.74, 6) is -0.703. The minimum atomic E-state index is -0.681. The van der Waals surface area contributed by atoms with Crippen LogP contribution in [0.1, 0.15) is 10.4 Å². The molecule has 4 aromatic rings. The van der Waals surface area contributed by atoms with E-state index in [1.165, 1.54) is 42.8 Å². The first-order valence-corrected chi connectivity index (χ1v) is 11.4. The Morgan fingerprint density at radius 1 is 1.09 bits per heavy atom. The van der Waals surface area contributed by atoms with Crippen molar-refractivity contribution in [1.82, 2.24) is 14.9 Å². The van der Waals surface area contributed by atoms with Gasteiger partial charge in [-0.25, -0.2) is 4.98 Å². The van der Waals surface area contributed by atoms with Crippen LogP contribution in [0.25, 0.3) is 21.3 Å². The average Bonchev–Trinajstić information content (AvgIpc) is 3.56. The largest absolute Gasteiger partial charge is 0.494 e. The minimum Gasteiger partial charge on any atom is -0.494 e. The number of rotatable bonds is 6. The molecular formula is C23H20N4O6S. The monoisotopic (exact) mass is 480 g/mol. The third-order valence-corrected chi connectivity index (χ3v) is 6.91. The highest BCUT2D eigenvalue weighted by Crippen LogP contribution is 2.34. The maximum Gasteiger partial charge on any atom is 0.295 e. The number of H-pyrrole nitrogens is 1. The van der Waals surface area contributed by atoms with Crippen LogP contribution in [0.4, 0.5) is 5.69 Å². The Bertz CT molecular complexity index is 1470. The summed E-state index contributed by atoms with van der Waals surface area (Å²) in [5.41, 5.74) is 0.472. The van der Waals surface area contributed by atoms with E-state index in [9.17, 15) is 19.2 Å². The van der Waals surface area contributed by atoms with E-state index in [4.69, 9.17) is 9.47 Å². The molecule has 1 N–H and O–H groups in total. The number of pyridine rings is 1. The van der Waals surface area contributed by atoms with Gasteiger partial charge in [-0.3, -0.25) is 19.2 Å². The maximum atomic E-state index is 13.1. The second-order valence-corrected chi connectivity index (χ2v) is 8.70. The van der Waals surface area contributed by atoms with Crippen molar-refractivity contribution in [3.05, 3.63) is 55.9 Å². The number of ketones is 1. The number of amides is 1. The highest BCUT2D eigenvalue weighted by Gasteiger charge is 2.33. The van der Waals surface area contributed by atoms with E-state index in [0.29, 0.717) is 41.0 Å². The maximum absolute atomic E-state index is 13.1. The van der Waals surface area contributed by atoms with Gasteiger partial charge in [0.15, 0.2) is 0 Å². The van der Waals surface area contributed by atoms with Gasteiger partial charge in [-0.2, -0.15) is 0 Å². The summed E-state index contributed by atoms with van der Waals surface area (Å²) < 4.78 is 10.6. The Hall–Kier alpha value is -3.99. The molecule has 0 radical (unpaired) electrons. The molecule has 34 heavy (non-hydrogen) atoms. The molecule has 5 rings (SSSR count). The van der Waals surface area contributed by atoms with E-state index in [2.05, 4.69) is 9.97 Å². The number of methoxy groups -OCH3 is 2. The summed E-state index contributed by atoms with van der Waals surface area (Å²) in [6.45, 7) is 1.18. The number of aromatic amines is 1. The highest BCUT2D eigenvalue weighted by molar-refractivity contribution is 7.13. The average molecular weight is 481 g/mol. The number of piperazine rings is 1. The van der Waals surface area contributed by atoms with E-state index < -0.39 is 22.5 Å². The van der Waals surface area contributed by atoms with Gasteiger partial charge in [0.25, 0.3) is 11.7 Å². The lowest BCUT2D eigenvalue weighted by atomic mass is 10.0. The Morgan fingerprint density at radius 3 is 2.50 bits per heavy atom. The van der Waals surface area contributed by atoms with Crippen LogP contribution in [-0.2, 0) is 4.79 Å². The fraction of sp³-hybridized carbons (Fsp3) is 0.261. The number of nitrogens with one attached hydrogen (secondary N) is 1. The molecule has 1 fully saturated rings. The van der Waals surface area contributed by atoms with Crippen LogP contribution >= 0.6 is 11.3 Å². The number of hydrogen-bond acceptors (Lipinski definition) is 9. The van der Waals surface area contributed by atoms with Crippen molar-refractivity contribution >= 4 is 39.6 Å². The summed E-state index contributed by atoms with van der Waals surface area (Å²) in [7, 11) is 2.91.